The van der Waals surface area contributed by atoms with Crippen LogP contribution in [0.3, 0.4) is 0 Å². The Labute approximate surface area is 72.3 Å². The zero-order valence-electron chi connectivity index (χ0n) is 5.47. The number of rotatable bonds is 2. The molecule has 9 heavy (non-hydrogen) atoms. The Morgan fingerprint density at radius 2 is 1.33 bits per heavy atom. The fourth-order valence-electron chi connectivity index (χ4n) is 0.365. The first-order valence-electron chi connectivity index (χ1n) is 2.59. The Hall–Kier alpha value is 0.830. The van der Waals surface area contributed by atoms with E-state index in [0.717, 1.165) is 0 Å². The highest BCUT2D eigenvalue weighted by atomic mass is 35.5. The van der Waals surface area contributed by atoms with E-state index in [0.29, 0.717) is 0 Å². The molecule has 0 aliphatic carbocycles. The topological polar surface area (TPSA) is 26.0 Å². The van der Waals surface area contributed by atoms with E-state index >= 15 is 0 Å². The minimum absolute atomic E-state index is 0. The molecule has 0 saturated heterocycles. The van der Waals surface area contributed by atoms with Crippen LogP contribution in [-0.4, -0.2) is 16.8 Å². The van der Waals surface area contributed by atoms with E-state index in [1.165, 1.54) is 0 Å². The van der Waals surface area contributed by atoms with Gasteiger partial charge in [-0.1, -0.05) is 0 Å². The molecule has 0 spiro atoms. The van der Waals surface area contributed by atoms with E-state index in [2.05, 4.69) is 0 Å². The Morgan fingerprint density at radius 1 is 1.11 bits per heavy atom. The van der Waals surface area contributed by atoms with Gasteiger partial charge in [0, 0.05) is 16.8 Å². The molecule has 0 rings (SSSR count). The average molecular weight is 193 g/mol. The lowest BCUT2D eigenvalue weighted by molar-refractivity contribution is 0.643. The maximum atomic E-state index is 5.61. The third kappa shape index (κ3) is 5.28. The number of nitrogens with two attached hydrogens (primary N) is 1. The van der Waals surface area contributed by atoms with Crippen molar-refractivity contribution in [3.63, 3.8) is 0 Å². The zero-order chi connectivity index (χ0) is 6.73. The molecule has 0 aromatic heterocycles. The van der Waals surface area contributed by atoms with Gasteiger partial charge in [0.1, 0.15) is 0 Å². The summed E-state index contributed by atoms with van der Waals surface area (Å²) < 4.78 is 0. The van der Waals surface area contributed by atoms with Crippen LogP contribution in [0.4, 0.5) is 0 Å². The van der Waals surface area contributed by atoms with Crippen LogP contribution < -0.4 is 5.73 Å². The quantitative estimate of drug-likeness (QED) is 0.666. The van der Waals surface area contributed by atoms with Crippen molar-refractivity contribution in [2.75, 3.05) is 0 Å². The van der Waals surface area contributed by atoms with Gasteiger partial charge in [0.25, 0.3) is 0 Å². The molecular weight excluding hydrogens is 180 g/mol. The van der Waals surface area contributed by atoms with E-state index < -0.39 is 0 Å². The fourth-order valence-corrected chi connectivity index (χ4v) is 0.876. The Morgan fingerprint density at radius 3 is 1.33 bits per heavy atom. The first kappa shape index (κ1) is 12.5. The van der Waals surface area contributed by atoms with Gasteiger partial charge in [-0.3, -0.25) is 0 Å². The molecule has 0 heterocycles. The number of alkyl halides is 2. The molecule has 4 heteroatoms. The highest BCUT2D eigenvalue weighted by molar-refractivity contribution is 6.24. The normalized spacial score (nSPS) is 19.7. The maximum absolute atomic E-state index is 5.61. The number of hydrogen-bond donors (Lipinski definition) is 1. The van der Waals surface area contributed by atoms with Crippen molar-refractivity contribution in [1.82, 2.24) is 0 Å². The highest BCUT2D eigenvalue weighted by Gasteiger charge is 2.14. The van der Waals surface area contributed by atoms with Crippen LogP contribution >= 0.6 is 35.6 Å². The van der Waals surface area contributed by atoms with Gasteiger partial charge in [-0.25, -0.2) is 0 Å². The van der Waals surface area contributed by atoms with Gasteiger partial charge in [0.05, 0.1) is 0 Å². The van der Waals surface area contributed by atoms with Crippen molar-refractivity contribution in [2.45, 2.75) is 30.6 Å². The summed E-state index contributed by atoms with van der Waals surface area (Å²) in [5.41, 5.74) is 5.50. The molecule has 2 unspecified atom stereocenters. The van der Waals surface area contributed by atoms with E-state index in [4.69, 9.17) is 28.9 Å². The third-order valence-corrected chi connectivity index (χ3v) is 1.64. The van der Waals surface area contributed by atoms with E-state index in [-0.39, 0.29) is 29.2 Å². The molecule has 2 N–H and O–H groups in total. The van der Waals surface area contributed by atoms with Crippen LogP contribution in [0.5, 0.6) is 0 Å². The van der Waals surface area contributed by atoms with Crippen molar-refractivity contribution in [1.29, 1.82) is 0 Å². The summed E-state index contributed by atoms with van der Waals surface area (Å²) in [6, 6.07) is -0.0988. The van der Waals surface area contributed by atoms with E-state index in [9.17, 15) is 0 Å². The molecule has 0 aliphatic heterocycles. The third-order valence-electron chi connectivity index (χ3n) is 1.06. The average Bonchev–Trinajstić information content (AvgIpc) is 1.64. The summed E-state index contributed by atoms with van der Waals surface area (Å²) in [7, 11) is 0. The largest absolute Gasteiger partial charge is 0.325 e. The number of halogens is 3. The maximum Gasteiger partial charge on any atom is 0.0473 e. The highest BCUT2D eigenvalue weighted by Crippen LogP contribution is 2.07. The fraction of sp³-hybridized carbons (Fsp3) is 1.00. The molecule has 0 aliphatic rings. The van der Waals surface area contributed by atoms with Crippen molar-refractivity contribution in [3.8, 4) is 0 Å². The van der Waals surface area contributed by atoms with Gasteiger partial charge in [0.15, 0.2) is 0 Å². The van der Waals surface area contributed by atoms with Crippen LogP contribution in [0.2, 0.25) is 0 Å². The molecule has 0 radical (unpaired) electrons. The second kappa shape index (κ2) is 5.60. The summed E-state index contributed by atoms with van der Waals surface area (Å²) >= 11 is 11.2. The minimum atomic E-state index is -0.0988. The number of hydrogen-bond acceptors (Lipinski definition) is 1. The van der Waals surface area contributed by atoms with E-state index in [1.54, 1.807) is 0 Å². The second-order valence-corrected chi connectivity index (χ2v) is 3.31. The van der Waals surface area contributed by atoms with Gasteiger partial charge >= 0.3 is 0 Å². The molecular formula is C5H12Cl3N. The first-order chi connectivity index (χ1) is 3.55. The minimum Gasteiger partial charge on any atom is -0.325 e. The van der Waals surface area contributed by atoms with Crippen LogP contribution in [0.25, 0.3) is 0 Å². The molecule has 1 nitrogen and oxygen atoms in total. The van der Waals surface area contributed by atoms with Crippen LogP contribution in [0.1, 0.15) is 13.8 Å². The summed E-state index contributed by atoms with van der Waals surface area (Å²) in [6.07, 6.45) is 0. The molecule has 0 amide bonds. The molecule has 0 saturated carbocycles. The molecule has 0 bridgehead atoms. The monoisotopic (exact) mass is 191 g/mol. The second-order valence-electron chi connectivity index (χ2n) is 1.93. The SMILES string of the molecule is CC(Cl)C(N)C(C)Cl.Cl. The van der Waals surface area contributed by atoms with Gasteiger partial charge < -0.3 is 5.73 Å². The predicted octanol–water partition coefficient (Wildman–Crippen LogP) is 1.99. The Balaban J connectivity index is 0. The van der Waals surface area contributed by atoms with Gasteiger partial charge in [-0.2, -0.15) is 0 Å². The van der Waals surface area contributed by atoms with Gasteiger partial charge in [-0.15, -0.1) is 35.6 Å². The lowest BCUT2D eigenvalue weighted by Crippen LogP contribution is -2.36. The predicted molar refractivity (Wildman–Crippen MR) is 45.9 cm³/mol. The summed E-state index contributed by atoms with van der Waals surface area (Å²) in [4.78, 5) is 0. The van der Waals surface area contributed by atoms with E-state index in [1.807, 2.05) is 13.8 Å². The molecule has 2 atom stereocenters. The summed E-state index contributed by atoms with van der Waals surface area (Å²) in [6.45, 7) is 3.68. The van der Waals surface area contributed by atoms with Crippen LogP contribution in [0.15, 0.2) is 0 Å². The van der Waals surface area contributed by atoms with Gasteiger partial charge in [0.2, 0.25) is 0 Å². The summed E-state index contributed by atoms with van der Waals surface area (Å²) in [5, 5.41) is -0.0787. The van der Waals surface area contributed by atoms with Crippen molar-refractivity contribution in [3.05, 3.63) is 0 Å². The van der Waals surface area contributed by atoms with Crippen molar-refractivity contribution in [2.24, 2.45) is 5.73 Å². The smallest absolute Gasteiger partial charge is 0.0473 e. The lowest BCUT2D eigenvalue weighted by atomic mass is 10.2. The van der Waals surface area contributed by atoms with Gasteiger partial charge in [-0.05, 0) is 13.8 Å². The lowest BCUT2D eigenvalue weighted by Gasteiger charge is -2.15. The molecule has 0 aromatic rings. The zero-order valence-corrected chi connectivity index (χ0v) is 7.80. The Bertz CT molecular complexity index is 57.2. The first-order valence-corrected chi connectivity index (χ1v) is 3.46. The molecule has 58 valence electrons. The van der Waals surface area contributed by atoms with Crippen molar-refractivity contribution < 1.29 is 0 Å². The molecule has 0 aromatic carbocycles. The molecule has 0 fully saturated rings. The summed E-state index contributed by atoms with van der Waals surface area (Å²) in [5.74, 6) is 0. The van der Waals surface area contributed by atoms with Crippen molar-refractivity contribution >= 4 is 35.6 Å². The Kier molecular flexibility index (Phi) is 7.78. The van der Waals surface area contributed by atoms with Crippen LogP contribution in [-0.2, 0) is 0 Å². The van der Waals surface area contributed by atoms with Crippen LogP contribution in [0, 0.1) is 0 Å². The standard InChI is InChI=1S/C5H11Cl2N.ClH/c1-3(6)5(8)4(2)7;/h3-5H,8H2,1-2H3;1H.